The Kier molecular flexibility index (Phi) is 5.19. The summed E-state index contributed by atoms with van der Waals surface area (Å²) in [6.45, 7) is 9.27. The van der Waals surface area contributed by atoms with Crippen molar-refractivity contribution in [2.45, 2.75) is 51.6 Å². The van der Waals surface area contributed by atoms with E-state index in [1.807, 2.05) is 23.1 Å². The minimum absolute atomic E-state index is 0.0267. The Morgan fingerprint density at radius 3 is 2.54 bits per heavy atom. The van der Waals surface area contributed by atoms with Gasteiger partial charge in [-0.3, -0.25) is 4.79 Å². The third kappa shape index (κ3) is 3.60. The van der Waals surface area contributed by atoms with E-state index in [0.29, 0.717) is 49.6 Å². The number of benzene rings is 3. The summed E-state index contributed by atoms with van der Waals surface area (Å²) in [5.74, 6) is 2.47. The van der Waals surface area contributed by atoms with Crippen molar-refractivity contribution in [3.05, 3.63) is 53.6 Å². The average Bonchev–Trinajstić information content (AvgIpc) is 2.91. The number of fused-ring (bicyclic) bond motifs is 9. The maximum atomic E-state index is 13.2. The van der Waals surface area contributed by atoms with Gasteiger partial charge in [0.1, 0.15) is 11.4 Å². The van der Waals surface area contributed by atoms with Crippen LogP contribution in [-0.2, 0) is 4.74 Å². The number of amides is 1. The van der Waals surface area contributed by atoms with Crippen LogP contribution in [0, 0.1) is 11.8 Å². The molecule has 0 spiro atoms. The first-order valence-corrected chi connectivity index (χ1v) is 13.6. The van der Waals surface area contributed by atoms with Gasteiger partial charge in [0.2, 0.25) is 0 Å². The van der Waals surface area contributed by atoms with Crippen LogP contribution in [0.5, 0.6) is 5.75 Å². The highest BCUT2D eigenvalue weighted by molar-refractivity contribution is 6.11. The van der Waals surface area contributed by atoms with Gasteiger partial charge in [-0.05, 0) is 56.7 Å². The summed E-state index contributed by atoms with van der Waals surface area (Å²) < 4.78 is 12.3. The minimum Gasteiger partial charge on any atom is -0.487 e. The number of ether oxygens (including phenoxy) is 2. The second kappa shape index (κ2) is 8.38. The summed E-state index contributed by atoms with van der Waals surface area (Å²) >= 11 is 0. The summed E-state index contributed by atoms with van der Waals surface area (Å²) in [6.07, 6.45) is 3.52. The van der Waals surface area contributed by atoms with Crippen molar-refractivity contribution < 1.29 is 14.3 Å². The molecule has 190 valence electrons. The van der Waals surface area contributed by atoms with Gasteiger partial charge in [0.05, 0.1) is 35.3 Å². The molecule has 2 fully saturated rings. The predicted octanol–water partition coefficient (Wildman–Crippen LogP) is 6.10. The van der Waals surface area contributed by atoms with E-state index in [1.54, 1.807) is 0 Å². The highest BCUT2D eigenvalue weighted by Crippen LogP contribution is 2.56. The number of carbonyl (C=O) groups is 1. The number of aromatic nitrogens is 2. The normalized spacial score (nSPS) is 25.1. The topological polar surface area (TPSA) is 64.6 Å². The predicted molar refractivity (Wildman–Crippen MR) is 145 cm³/mol. The second-order valence-corrected chi connectivity index (χ2v) is 11.7. The molecule has 0 N–H and O–H groups in total. The number of hydrogen-bond acceptors (Lipinski definition) is 5. The fraction of sp³-hybridized carbons (Fsp3) is 0.452. The summed E-state index contributed by atoms with van der Waals surface area (Å²) in [6, 6.07) is 14.2. The first-order chi connectivity index (χ1) is 17.9. The monoisotopic (exact) mass is 495 g/mol. The van der Waals surface area contributed by atoms with Crippen LogP contribution < -0.4 is 4.74 Å². The Bertz CT molecular complexity index is 1560. The fourth-order valence-electron chi connectivity index (χ4n) is 6.98. The molecular formula is C31H33N3O3. The SMILES string of the molecule is C[C@@H]1CC[C@H]2[C@H](C1)c1c(c3ccccc3c3nc4ccc(C(=O)N5CCOCC5)cc4nc13)OC2(C)C. The van der Waals surface area contributed by atoms with Gasteiger partial charge < -0.3 is 14.4 Å². The van der Waals surface area contributed by atoms with Crippen molar-refractivity contribution in [1.29, 1.82) is 0 Å². The fourth-order valence-corrected chi connectivity index (χ4v) is 6.98. The van der Waals surface area contributed by atoms with Crippen LogP contribution in [0.3, 0.4) is 0 Å². The minimum atomic E-state index is -0.240. The molecule has 3 heterocycles. The number of rotatable bonds is 1. The first-order valence-electron chi connectivity index (χ1n) is 13.6. The molecule has 1 amide bonds. The number of nitrogens with zero attached hydrogens (tertiary/aromatic N) is 3. The Hall–Kier alpha value is -3.25. The average molecular weight is 496 g/mol. The molecule has 4 aromatic rings. The molecule has 1 aromatic heterocycles. The third-order valence-electron chi connectivity index (χ3n) is 8.88. The highest BCUT2D eigenvalue weighted by atomic mass is 16.5. The van der Waals surface area contributed by atoms with Gasteiger partial charge in [0.15, 0.2) is 0 Å². The van der Waals surface area contributed by atoms with Gasteiger partial charge in [0, 0.05) is 40.9 Å². The van der Waals surface area contributed by atoms with E-state index in [4.69, 9.17) is 19.4 Å². The Balaban J connectivity index is 1.47. The van der Waals surface area contributed by atoms with E-state index < -0.39 is 0 Å². The smallest absolute Gasteiger partial charge is 0.254 e. The largest absolute Gasteiger partial charge is 0.487 e. The highest BCUT2D eigenvalue weighted by Gasteiger charge is 2.47. The molecule has 37 heavy (non-hydrogen) atoms. The van der Waals surface area contributed by atoms with E-state index in [0.717, 1.165) is 51.4 Å². The Morgan fingerprint density at radius 1 is 0.973 bits per heavy atom. The van der Waals surface area contributed by atoms with Crippen LogP contribution >= 0.6 is 0 Å². The maximum Gasteiger partial charge on any atom is 0.254 e. The molecule has 6 nitrogen and oxygen atoms in total. The Morgan fingerprint density at radius 2 is 1.73 bits per heavy atom. The summed E-state index contributed by atoms with van der Waals surface area (Å²) in [5.41, 5.74) is 5.04. The van der Waals surface area contributed by atoms with Crippen LogP contribution in [0.25, 0.3) is 32.8 Å². The summed E-state index contributed by atoms with van der Waals surface area (Å²) in [7, 11) is 0. The number of carbonyl (C=O) groups excluding carboxylic acids is 1. The third-order valence-corrected chi connectivity index (χ3v) is 8.88. The van der Waals surface area contributed by atoms with Crippen LogP contribution in [0.15, 0.2) is 42.5 Å². The molecule has 1 saturated carbocycles. The molecule has 7 rings (SSSR count). The van der Waals surface area contributed by atoms with Crippen LogP contribution in [0.1, 0.15) is 61.9 Å². The molecule has 2 aliphatic heterocycles. The molecule has 6 heteroatoms. The van der Waals surface area contributed by atoms with Crippen molar-refractivity contribution in [2.24, 2.45) is 11.8 Å². The lowest BCUT2D eigenvalue weighted by atomic mass is 9.64. The first kappa shape index (κ1) is 22.9. The lowest BCUT2D eigenvalue weighted by Crippen LogP contribution is -2.46. The van der Waals surface area contributed by atoms with Gasteiger partial charge in [-0.15, -0.1) is 0 Å². The summed E-state index contributed by atoms with van der Waals surface area (Å²) in [4.78, 5) is 25.5. The number of hydrogen-bond donors (Lipinski definition) is 0. The zero-order valence-corrected chi connectivity index (χ0v) is 21.8. The van der Waals surface area contributed by atoms with E-state index >= 15 is 0 Å². The molecule has 1 aliphatic carbocycles. The molecule has 3 atom stereocenters. The molecule has 3 aromatic carbocycles. The van der Waals surface area contributed by atoms with Crippen molar-refractivity contribution in [3.63, 3.8) is 0 Å². The van der Waals surface area contributed by atoms with Gasteiger partial charge >= 0.3 is 0 Å². The molecule has 0 bridgehead atoms. The molecule has 0 unspecified atom stereocenters. The van der Waals surface area contributed by atoms with Gasteiger partial charge in [0.25, 0.3) is 5.91 Å². The van der Waals surface area contributed by atoms with Crippen molar-refractivity contribution >= 4 is 38.7 Å². The van der Waals surface area contributed by atoms with Crippen molar-refractivity contribution in [3.8, 4) is 5.75 Å². The van der Waals surface area contributed by atoms with E-state index in [1.165, 1.54) is 12.0 Å². The van der Waals surface area contributed by atoms with Crippen LogP contribution in [0.4, 0.5) is 0 Å². The number of morpholine rings is 1. The summed E-state index contributed by atoms with van der Waals surface area (Å²) in [5, 5.41) is 2.18. The molecule has 1 saturated heterocycles. The van der Waals surface area contributed by atoms with Crippen molar-refractivity contribution in [2.75, 3.05) is 26.3 Å². The molecule has 0 radical (unpaired) electrons. The van der Waals surface area contributed by atoms with Gasteiger partial charge in [-0.2, -0.15) is 0 Å². The lowest BCUT2D eigenvalue weighted by Gasteiger charge is -2.49. The zero-order valence-electron chi connectivity index (χ0n) is 21.8. The van der Waals surface area contributed by atoms with E-state index in [-0.39, 0.29) is 11.5 Å². The van der Waals surface area contributed by atoms with Crippen molar-refractivity contribution in [1.82, 2.24) is 14.9 Å². The van der Waals surface area contributed by atoms with Gasteiger partial charge in [-0.1, -0.05) is 37.6 Å². The van der Waals surface area contributed by atoms with Crippen LogP contribution in [0.2, 0.25) is 0 Å². The molecule has 3 aliphatic rings. The standard InChI is InChI=1S/C31H33N3O3/c1-18-8-10-23-22(16-18)26-28-27(20-6-4-5-7-21(20)29(26)37-31(23,2)3)32-24-11-9-19(17-25(24)33-28)30(35)34-12-14-36-15-13-34/h4-7,9,11,17-18,22-23H,8,10,12-16H2,1-3H3/t18-,22+,23+/m1/s1. The quantitative estimate of drug-likeness (QED) is 0.236. The Labute approximate surface area is 217 Å². The lowest BCUT2D eigenvalue weighted by molar-refractivity contribution is -0.0115. The second-order valence-electron chi connectivity index (χ2n) is 11.7. The van der Waals surface area contributed by atoms with E-state index in [2.05, 4.69) is 45.0 Å². The zero-order chi connectivity index (χ0) is 25.3. The maximum absolute atomic E-state index is 13.2. The van der Waals surface area contributed by atoms with Crippen LogP contribution in [-0.4, -0.2) is 52.7 Å². The molecular weight excluding hydrogens is 462 g/mol. The van der Waals surface area contributed by atoms with E-state index in [9.17, 15) is 4.79 Å². The van der Waals surface area contributed by atoms with Gasteiger partial charge in [-0.25, -0.2) is 9.97 Å².